The summed E-state index contributed by atoms with van der Waals surface area (Å²) in [6, 6.07) is 0. The van der Waals surface area contributed by atoms with Crippen LogP contribution in [0.3, 0.4) is 0 Å². The Kier molecular flexibility index (Phi) is 3.94. The highest BCUT2D eigenvalue weighted by atomic mass is 16.2. The van der Waals surface area contributed by atoms with Crippen LogP contribution in [0.1, 0.15) is 43.5 Å². The molecule has 2 N–H and O–H groups in total. The number of hydrogen-bond donors (Lipinski definition) is 2. The van der Waals surface area contributed by atoms with Gasteiger partial charge in [0.2, 0.25) is 5.91 Å². The van der Waals surface area contributed by atoms with E-state index >= 15 is 0 Å². The third kappa shape index (κ3) is 3.09. The van der Waals surface area contributed by atoms with Crippen molar-refractivity contribution in [2.75, 3.05) is 36.4 Å². The zero-order chi connectivity index (χ0) is 14.8. The number of nitrogens with one attached hydrogen (secondary N) is 2. The third-order valence-electron chi connectivity index (χ3n) is 3.99. The van der Waals surface area contributed by atoms with Crippen molar-refractivity contribution in [2.45, 2.75) is 39.0 Å². The molecule has 1 aliphatic heterocycles. The molecule has 1 saturated heterocycles. The van der Waals surface area contributed by atoms with Gasteiger partial charge in [0.05, 0.1) is 6.54 Å². The summed E-state index contributed by atoms with van der Waals surface area (Å²) in [5, 5.41) is 6.24. The largest absolute Gasteiger partial charge is 0.370 e. The molecule has 0 bridgehead atoms. The smallest absolute Gasteiger partial charge is 0.239 e. The van der Waals surface area contributed by atoms with Crippen molar-refractivity contribution in [1.29, 1.82) is 0 Å². The molecule has 1 saturated carbocycles. The van der Waals surface area contributed by atoms with E-state index in [-0.39, 0.29) is 5.91 Å². The number of hydrogen-bond acceptors (Lipinski definition) is 5. The SMILES string of the molecule is CCNc1nc(C2CC2)nc(N2CCCNC(=O)C2)c1C. The predicted octanol–water partition coefficient (Wildman–Crippen LogP) is 1.42. The topological polar surface area (TPSA) is 70.2 Å². The quantitative estimate of drug-likeness (QED) is 0.877. The third-order valence-corrected chi connectivity index (χ3v) is 3.99. The summed E-state index contributed by atoms with van der Waals surface area (Å²) in [5.74, 6) is 3.33. The van der Waals surface area contributed by atoms with Crippen LogP contribution in [0.15, 0.2) is 0 Å². The van der Waals surface area contributed by atoms with Gasteiger partial charge in [0, 0.05) is 31.1 Å². The lowest BCUT2D eigenvalue weighted by Crippen LogP contribution is -2.34. The van der Waals surface area contributed by atoms with Crippen molar-refractivity contribution in [3.05, 3.63) is 11.4 Å². The molecular weight excluding hydrogens is 266 g/mol. The van der Waals surface area contributed by atoms with E-state index in [1.165, 1.54) is 12.8 Å². The van der Waals surface area contributed by atoms with E-state index in [1.807, 2.05) is 6.92 Å². The minimum absolute atomic E-state index is 0.0727. The van der Waals surface area contributed by atoms with E-state index < -0.39 is 0 Å². The van der Waals surface area contributed by atoms with Crippen LogP contribution in [0.4, 0.5) is 11.6 Å². The van der Waals surface area contributed by atoms with E-state index in [1.54, 1.807) is 0 Å². The Morgan fingerprint density at radius 1 is 1.38 bits per heavy atom. The van der Waals surface area contributed by atoms with Crippen molar-refractivity contribution in [2.24, 2.45) is 0 Å². The molecule has 2 heterocycles. The molecule has 1 aliphatic carbocycles. The lowest BCUT2D eigenvalue weighted by Gasteiger charge is -2.24. The lowest BCUT2D eigenvalue weighted by molar-refractivity contribution is -0.119. The first-order chi connectivity index (χ1) is 10.2. The van der Waals surface area contributed by atoms with Crippen molar-refractivity contribution >= 4 is 17.5 Å². The molecule has 0 aromatic carbocycles. The van der Waals surface area contributed by atoms with Crippen LogP contribution in [0, 0.1) is 6.92 Å². The van der Waals surface area contributed by atoms with Crippen molar-refractivity contribution in [3.63, 3.8) is 0 Å². The van der Waals surface area contributed by atoms with Crippen LogP contribution < -0.4 is 15.5 Å². The van der Waals surface area contributed by atoms with Gasteiger partial charge in [0.15, 0.2) is 0 Å². The van der Waals surface area contributed by atoms with E-state index in [9.17, 15) is 4.79 Å². The maximum Gasteiger partial charge on any atom is 0.239 e. The van der Waals surface area contributed by atoms with Crippen LogP contribution in [-0.4, -0.2) is 42.1 Å². The van der Waals surface area contributed by atoms with Crippen LogP contribution >= 0.6 is 0 Å². The molecular formula is C15H23N5O. The predicted molar refractivity (Wildman–Crippen MR) is 82.7 cm³/mol. The molecule has 21 heavy (non-hydrogen) atoms. The molecule has 0 unspecified atom stereocenters. The number of amides is 1. The average molecular weight is 289 g/mol. The number of anilines is 2. The van der Waals surface area contributed by atoms with E-state index in [4.69, 9.17) is 4.98 Å². The summed E-state index contributed by atoms with van der Waals surface area (Å²) in [5.41, 5.74) is 1.04. The maximum atomic E-state index is 11.8. The number of carbonyl (C=O) groups is 1. The Hall–Kier alpha value is -1.85. The number of aromatic nitrogens is 2. The number of carbonyl (C=O) groups excluding carboxylic acids is 1. The molecule has 1 amide bonds. The van der Waals surface area contributed by atoms with Gasteiger partial charge in [-0.05, 0) is 33.1 Å². The first-order valence-electron chi connectivity index (χ1n) is 7.83. The molecule has 114 valence electrons. The molecule has 0 spiro atoms. The van der Waals surface area contributed by atoms with Crippen LogP contribution in [0.2, 0.25) is 0 Å². The lowest BCUT2D eigenvalue weighted by atomic mass is 10.2. The molecule has 0 radical (unpaired) electrons. The minimum Gasteiger partial charge on any atom is -0.370 e. The Bertz CT molecular complexity index is 541. The van der Waals surface area contributed by atoms with Gasteiger partial charge in [-0.25, -0.2) is 9.97 Å². The second-order valence-electron chi connectivity index (χ2n) is 5.81. The van der Waals surface area contributed by atoms with Crippen LogP contribution in [-0.2, 0) is 4.79 Å². The number of rotatable bonds is 4. The fraction of sp³-hybridized carbons (Fsp3) is 0.667. The molecule has 1 aromatic heterocycles. The molecule has 6 heteroatoms. The van der Waals surface area contributed by atoms with Gasteiger partial charge in [-0.15, -0.1) is 0 Å². The van der Waals surface area contributed by atoms with Crippen LogP contribution in [0.5, 0.6) is 0 Å². The second kappa shape index (κ2) is 5.87. The Labute approximate surface area is 125 Å². The molecule has 2 aliphatic rings. The van der Waals surface area contributed by atoms with E-state index in [2.05, 4.69) is 27.4 Å². The van der Waals surface area contributed by atoms with Crippen LogP contribution in [0.25, 0.3) is 0 Å². The summed E-state index contributed by atoms with van der Waals surface area (Å²) >= 11 is 0. The van der Waals surface area contributed by atoms with Gasteiger partial charge in [-0.3, -0.25) is 4.79 Å². The Balaban J connectivity index is 1.96. The van der Waals surface area contributed by atoms with Crippen molar-refractivity contribution in [1.82, 2.24) is 15.3 Å². The first-order valence-corrected chi connectivity index (χ1v) is 7.83. The zero-order valence-corrected chi connectivity index (χ0v) is 12.8. The average Bonchev–Trinajstić information content (AvgIpc) is 3.29. The Morgan fingerprint density at radius 3 is 2.90 bits per heavy atom. The Morgan fingerprint density at radius 2 is 2.19 bits per heavy atom. The van der Waals surface area contributed by atoms with E-state index in [0.29, 0.717) is 12.5 Å². The summed E-state index contributed by atoms with van der Waals surface area (Å²) in [6.07, 6.45) is 3.30. The molecule has 0 atom stereocenters. The normalized spacial score (nSPS) is 19.1. The highest BCUT2D eigenvalue weighted by Gasteiger charge is 2.29. The molecule has 3 rings (SSSR count). The fourth-order valence-corrected chi connectivity index (χ4v) is 2.68. The minimum atomic E-state index is 0.0727. The van der Waals surface area contributed by atoms with Crippen molar-refractivity contribution < 1.29 is 4.79 Å². The summed E-state index contributed by atoms with van der Waals surface area (Å²) in [7, 11) is 0. The molecule has 2 fully saturated rings. The van der Waals surface area contributed by atoms with E-state index in [0.717, 1.165) is 49.1 Å². The van der Waals surface area contributed by atoms with Gasteiger partial charge < -0.3 is 15.5 Å². The first kappa shape index (κ1) is 14.1. The van der Waals surface area contributed by atoms with Gasteiger partial charge in [0.25, 0.3) is 0 Å². The van der Waals surface area contributed by atoms with Gasteiger partial charge in [-0.1, -0.05) is 0 Å². The standard InChI is InChI=1S/C15H23N5O/c1-3-16-13-10(2)15(19-14(18-13)11-5-6-11)20-8-4-7-17-12(21)9-20/h11H,3-9H2,1-2H3,(H,17,21)(H,16,18,19). The summed E-state index contributed by atoms with van der Waals surface area (Å²) < 4.78 is 0. The highest BCUT2D eigenvalue weighted by molar-refractivity contribution is 5.82. The molecule has 1 aromatic rings. The fourth-order valence-electron chi connectivity index (χ4n) is 2.68. The van der Waals surface area contributed by atoms with Gasteiger partial charge in [0.1, 0.15) is 17.5 Å². The summed E-state index contributed by atoms with van der Waals surface area (Å²) in [6.45, 7) is 6.92. The highest BCUT2D eigenvalue weighted by Crippen LogP contribution is 2.40. The summed E-state index contributed by atoms with van der Waals surface area (Å²) in [4.78, 5) is 23.3. The monoisotopic (exact) mass is 289 g/mol. The number of nitrogens with zero attached hydrogens (tertiary/aromatic N) is 3. The zero-order valence-electron chi connectivity index (χ0n) is 12.8. The second-order valence-corrected chi connectivity index (χ2v) is 5.81. The van der Waals surface area contributed by atoms with Gasteiger partial charge >= 0.3 is 0 Å². The molecule has 6 nitrogen and oxygen atoms in total. The van der Waals surface area contributed by atoms with Gasteiger partial charge in [-0.2, -0.15) is 0 Å². The maximum absolute atomic E-state index is 11.8. The van der Waals surface area contributed by atoms with Crippen molar-refractivity contribution in [3.8, 4) is 0 Å².